The van der Waals surface area contributed by atoms with Gasteiger partial charge in [-0.15, -0.1) is 0 Å². The molecule has 0 bridgehead atoms. The summed E-state index contributed by atoms with van der Waals surface area (Å²) in [6.45, 7) is 4.68. The second-order valence-electron chi connectivity index (χ2n) is 5.14. The lowest BCUT2D eigenvalue weighted by Crippen LogP contribution is -2.36. The molecule has 0 saturated heterocycles. The molecule has 0 saturated carbocycles. The molecule has 0 atom stereocenters. The van der Waals surface area contributed by atoms with Crippen molar-refractivity contribution in [1.82, 2.24) is 10.2 Å². The first-order valence-electron chi connectivity index (χ1n) is 6.94. The van der Waals surface area contributed by atoms with Crippen LogP contribution in [0.5, 0.6) is 5.75 Å². The van der Waals surface area contributed by atoms with Crippen LogP contribution in [0, 0.1) is 5.41 Å². The molecule has 2 N–H and O–H groups in total. The van der Waals surface area contributed by atoms with Crippen LogP contribution in [0.4, 0.5) is 0 Å². The first kappa shape index (κ1) is 14.6. The van der Waals surface area contributed by atoms with Crippen molar-refractivity contribution in [3.05, 3.63) is 41.1 Å². The zero-order valence-corrected chi connectivity index (χ0v) is 12.5. The summed E-state index contributed by atoms with van der Waals surface area (Å²) in [5.74, 6) is 0.893. The van der Waals surface area contributed by atoms with Gasteiger partial charge in [0.1, 0.15) is 5.75 Å². The van der Waals surface area contributed by atoms with Crippen LogP contribution >= 0.6 is 0 Å². The molecule has 2 rings (SSSR count). The van der Waals surface area contributed by atoms with Crippen molar-refractivity contribution < 1.29 is 4.74 Å². The van der Waals surface area contributed by atoms with Gasteiger partial charge in [0.2, 0.25) is 0 Å². The Kier molecular flexibility index (Phi) is 4.79. The third kappa shape index (κ3) is 3.39. The Labute approximate surface area is 120 Å². The first-order valence-corrected chi connectivity index (χ1v) is 6.94. The predicted octanol–water partition coefficient (Wildman–Crippen LogP) is 2.41. The van der Waals surface area contributed by atoms with Crippen molar-refractivity contribution in [3.8, 4) is 5.75 Å². The van der Waals surface area contributed by atoms with Gasteiger partial charge in [-0.2, -0.15) is 0 Å². The molecule has 1 aliphatic rings. The van der Waals surface area contributed by atoms with Gasteiger partial charge >= 0.3 is 0 Å². The largest absolute Gasteiger partial charge is 0.497 e. The number of nitrogens with one attached hydrogen (secondary N) is 2. The lowest BCUT2D eigenvalue weighted by Gasteiger charge is -2.30. The number of nitrogens with zero attached hydrogens (tertiary/aromatic N) is 1. The Morgan fingerprint density at radius 3 is 2.60 bits per heavy atom. The van der Waals surface area contributed by atoms with Crippen LogP contribution in [0.2, 0.25) is 0 Å². The molecule has 4 heteroatoms. The Balaban J connectivity index is 2.03. The highest BCUT2D eigenvalue weighted by Gasteiger charge is 2.19. The first-order chi connectivity index (χ1) is 9.63. The van der Waals surface area contributed by atoms with E-state index >= 15 is 0 Å². The molecular weight excluding hydrogens is 250 g/mol. The molecule has 0 unspecified atom stereocenters. The number of hydrogen-bond acceptors (Lipinski definition) is 4. The predicted molar refractivity (Wildman–Crippen MR) is 82.4 cm³/mol. The molecule has 0 radical (unpaired) electrons. The number of benzene rings is 1. The van der Waals surface area contributed by atoms with E-state index in [1.54, 1.807) is 7.11 Å². The zero-order chi connectivity index (χ0) is 14.5. The van der Waals surface area contributed by atoms with Crippen molar-refractivity contribution in [2.75, 3.05) is 27.2 Å². The van der Waals surface area contributed by atoms with Gasteiger partial charge in [0, 0.05) is 38.1 Å². The zero-order valence-electron chi connectivity index (χ0n) is 12.5. The van der Waals surface area contributed by atoms with E-state index in [4.69, 9.17) is 10.1 Å². The molecule has 1 aromatic rings. The van der Waals surface area contributed by atoms with Crippen molar-refractivity contribution in [2.45, 2.75) is 19.9 Å². The molecule has 0 amide bonds. The van der Waals surface area contributed by atoms with Gasteiger partial charge in [0.15, 0.2) is 0 Å². The fourth-order valence-corrected chi connectivity index (χ4v) is 2.59. The monoisotopic (exact) mass is 273 g/mol. The molecule has 0 fully saturated rings. The number of methoxy groups -OCH3 is 1. The molecule has 1 heterocycles. The van der Waals surface area contributed by atoms with Crippen molar-refractivity contribution >= 4 is 5.71 Å². The average molecular weight is 273 g/mol. The van der Waals surface area contributed by atoms with Gasteiger partial charge in [-0.1, -0.05) is 12.1 Å². The van der Waals surface area contributed by atoms with Gasteiger partial charge in [-0.05, 0) is 36.6 Å². The molecule has 1 aromatic carbocycles. The molecule has 0 aromatic heterocycles. The second-order valence-corrected chi connectivity index (χ2v) is 5.14. The normalized spacial score (nSPS) is 16.1. The molecule has 0 aliphatic carbocycles. The number of likely N-dealkylation sites (N-methyl/N-ethyl adjacent to an activating group) is 1. The molecule has 0 spiro atoms. The van der Waals surface area contributed by atoms with E-state index in [-0.39, 0.29) is 0 Å². The Hall–Kier alpha value is -1.81. The molecular formula is C16H23N3O. The van der Waals surface area contributed by atoms with Crippen LogP contribution < -0.4 is 10.1 Å². The third-order valence-electron chi connectivity index (χ3n) is 3.74. The smallest absolute Gasteiger partial charge is 0.118 e. The summed E-state index contributed by atoms with van der Waals surface area (Å²) in [5, 5.41) is 11.1. The van der Waals surface area contributed by atoms with Gasteiger partial charge in [0.05, 0.1) is 7.11 Å². The summed E-state index contributed by atoms with van der Waals surface area (Å²) >= 11 is 0. The highest BCUT2D eigenvalue weighted by atomic mass is 16.5. The maximum absolute atomic E-state index is 7.82. The van der Waals surface area contributed by atoms with Crippen LogP contribution in [0.25, 0.3) is 0 Å². The second kappa shape index (κ2) is 6.57. The van der Waals surface area contributed by atoms with Gasteiger partial charge in [0.25, 0.3) is 0 Å². The van der Waals surface area contributed by atoms with Crippen LogP contribution in [0.3, 0.4) is 0 Å². The minimum Gasteiger partial charge on any atom is -0.497 e. The summed E-state index contributed by atoms with van der Waals surface area (Å²) in [6, 6.07) is 8.22. The molecule has 1 aliphatic heterocycles. The minimum absolute atomic E-state index is 0.679. The lowest BCUT2D eigenvalue weighted by molar-refractivity contribution is 0.274. The average Bonchev–Trinajstić information content (AvgIpc) is 2.47. The quantitative estimate of drug-likeness (QED) is 0.810. The number of hydrogen-bond donors (Lipinski definition) is 2. The van der Waals surface area contributed by atoms with Crippen LogP contribution in [-0.4, -0.2) is 37.9 Å². The van der Waals surface area contributed by atoms with E-state index < -0.39 is 0 Å². The fourth-order valence-electron chi connectivity index (χ4n) is 2.59. The lowest BCUT2D eigenvalue weighted by atomic mass is 10.0. The van der Waals surface area contributed by atoms with Crippen LogP contribution in [0.1, 0.15) is 18.9 Å². The molecule has 4 nitrogen and oxygen atoms in total. The van der Waals surface area contributed by atoms with Crippen molar-refractivity contribution in [2.24, 2.45) is 0 Å². The molecule has 20 heavy (non-hydrogen) atoms. The maximum atomic E-state index is 7.82. The van der Waals surface area contributed by atoms with Gasteiger partial charge in [-0.3, -0.25) is 4.90 Å². The van der Waals surface area contributed by atoms with Gasteiger partial charge in [-0.25, -0.2) is 0 Å². The molecule has 108 valence electrons. The van der Waals surface area contributed by atoms with Crippen LogP contribution in [-0.2, 0) is 6.54 Å². The summed E-state index contributed by atoms with van der Waals surface area (Å²) < 4.78 is 5.18. The van der Waals surface area contributed by atoms with Crippen molar-refractivity contribution in [1.29, 1.82) is 5.41 Å². The highest BCUT2D eigenvalue weighted by molar-refractivity contribution is 5.96. The van der Waals surface area contributed by atoms with E-state index in [0.717, 1.165) is 31.8 Å². The fraction of sp³-hybridized carbons (Fsp3) is 0.438. The van der Waals surface area contributed by atoms with E-state index in [9.17, 15) is 0 Å². The number of ether oxygens (including phenoxy) is 1. The highest BCUT2D eigenvalue weighted by Crippen LogP contribution is 2.20. The summed E-state index contributed by atoms with van der Waals surface area (Å²) in [6.07, 6.45) is 0.946. The minimum atomic E-state index is 0.679. The third-order valence-corrected chi connectivity index (χ3v) is 3.74. The van der Waals surface area contributed by atoms with Crippen molar-refractivity contribution in [3.63, 3.8) is 0 Å². The SMILES string of the molecule is CNC1=C(C(C)=N)CCN(Cc2ccc(OC)cc2)C1. The van der Waals surface area contributed by atoms with E-state index in [1.807, 2.05) is 26.1 Å². The maximum Gasteiger partial charge on any atom is 0.118 e. The summed E-state index contributed by atoms with van der Waals surface area (Å²) in [4.78, 5) is 2.40. The van der Waals surface area contributed by atoms with E-state index in [2.05, 4.69) is 22.3 Å². The Morgan fingerprint density at radius 2 is 2.05 bits per heavy atom. The Bertz CT molecular complexity index is 505. The topological polar surface area (TPSA) is 48.4 Å². The van der Waals surface area contributed by atoms with Gasteiger partial charge < -0.3 is 15.5 Å². The van der Waals surface area contributed by atoms with Crippen LogP contribution in [0.15, 0.2) is 35.5 Å². The number of rotatable bonds is 5. The summed E-state index contributed by atoms with van der Waals surface area (Å²) in [5.41, 5.74) is 4.31. The van der Waals surface area contributed by atoms with E-state index in [0.29, 0.717) is 5.71 Å². The van der Waals surface area contributed by atoms with E-state index in [1.165, 1.54) is 16.8 Å². The standard InChI is InChI=1S/C16H23N3O/c1-12(17)15-8-9-19(11-16(15)18-2)10-13-4-6-14(20-3)7-5-13/h4-7,17-18H,8-11H2,1-3H3. The summed E-state index contributed by atoms with van der Waals surface area (Å²) in [7, 11) is 3.63. The Morgan fingerprint density at radius 1 is 1.35 bits per heavy atom.